The van der Waals surface area contributed by atoms with Crippen LogP contribution >= 0.6 is 0 Å². The third-order valence-electron chi connectivity index (χ3n) is 5.39. The Labute approximate surface area is 149 Å². The SMILES string of the molecule is CCC1C(=O)NC2(CCCCC2)C(=O)N1CCOCc1ccccc1. The highest BCUT2D eigenvalue weighted by Gasteiger charge is 2.50. The topological polar surface area (TPSA) is 58.6 Å². The summed E-state index contributed by atoms with van der Waals surface area (Å²) in [4.78, 5) is 27.5. The van der Waals surface area contributed by atoms with Crippen LogP contribution in [0.1, 0.15) is 51.0 Å². The van der Waals surface area contributed by atoms with Gasteiger partial charge in [0.15, 0.2) is 0 Å². The van der Waals surface area contributed by atoms with Gasteiger partial charge in [0.25, 0.3) is 0 Å². The van der Waals surface area contributed by atoms with Gasteiger partial charge in [-0.1, -0.05) is 56.5 Å². The molecular formula is C20H28N2O3. The van der Waals surface area contributed by atoms with Crippen LogP contribution in [0, 0.1) is 0 Å². The van der Waals surface area contributed by atoms with E-state index in [-0.39, 0.29) is 17.9 Å². The third-order valence-corrected chi connectivity index (χ3v) is 5.39. The number of carbonyl (C=O) groups excluding carboxylic acids is 2. The van der Waals surface area contributed by atoms with Gasteiger partial charge in [0.2, 0.25) is 11.8 Å². The number of rotatable bonds is 6. The number of benzene rings is 1. The van der Waals surface area contributed by atoms with E-state index in [0.717, 1.165) is 37.7 Å². The molecule has 136 valence electrons. The Morgan fingerprint density at radius 3 is 2.56 bits per heavy atom. The molecule has 1 atom stereocenters. The highest BCUT2D eigenvalue weighted by Crippen LogP contribution is 2.33. The Bertz CT molecular complexity index is 596. The summed E-state index contributed by atoms with van der Waals surface area (Å²) in [5.41, 5.74) is 0.446. The van der Waals surface area contributed by atoms with Gasteiger partial charge in [-0.3, -0.25) is 9.59 Å². The van der Waals surface area contributed by atoms with Crippen molar-refractivity contribution in [3.8, 4) is 0 Å². The van der Waals surface area contributed by atoms with Gasteiger partial charge in [0.05, 0.1) is 13.2 Å². The minimum absolute atomic E-state index is 0.00735. The van der Waals surface area contributed by atoms with E-state index in [9.17, 15) is 9.59 Å². The monoisotopic (exact) mass is 344 g/mol. The van der Waals surface area contributed by atoms with Gasteiger partial charge in [-0.15, -0.1) is 0 Å². The lowest BCUT2D eigenvalue weighted by Crippen LogP contribution is -2.71. The molecule has 2 fully saturated rings. The van der Waals surface area contributed by atoms with Crippen LogP contribution in [0.25, 0.3) is 0 Å². The first-order chi connectivity index (χ1) is 12.2. The van der Waals surface area contributed by atoms with Crippen LogP contribution in [0.2, 0.25) is 0 Å². The Kier molecular flexibility index (Phi) is 5.74. The maximum atomic E-state index is 13.1. The second-order valence-electron chi connectivity index (χ2n) is 7.09. The van der Waals surface area contributed by atoms with Gasteiger partial charge >= 0.3 is 0 Å². The Hall–Kier alpha value is -1.88. The van der Waals surface area contributed by atoms with Crippen molar-refractivity contribution >= 4 is 11.8 Å². The Morgan fingerprint density at radius 1 is 1.16 bits per heavy atom. The van der Waals surface area contributed by atoms with Crippen LogP contribution < -0.4 is 5.32 Å². The standard InChI is InChI=1S/C20H28N2O3/c1-2-17-18(23)21-20(11-7-4-8-12-20)19(24)22(17)13-14-25-15-16-9-5-3-6-10-16/h3,5-6,9-10,17H,2,4,7-8,11-15H2,1H3,(H,21,23). The molecule has 1 heterocycles. The van der Waals surface area contributed by atoms with E-state index in [4.69, 9.17) is 4.74 Å². The second-order valence-corrected chi connectivity index (χ2v) is 7.09. The van der Waals surface area contributed by atoms with Gasteiger partial charge in [0, 0.05) is 6.54 Å². The zero-order valence-corrected chi connectivity index (χ0v) is 15.0. The molecule has 5 nitrogen and oxygen atoms in total. The molecule has 1 spiro atoms. The number of hydrogen-bond donors (Lipinski definition) is 1. The lowest BCUT2D eigenvalue weighted by Gasteiger charge is -2.47. The Balaban J connectivity index is 1.62. The van der Waals surface area contributed by atoms with Crippen molar-refractivity contribution in [3.05, 3.63) is 35.9 Å². The van der Waals surface area contributed by atoms with Crippen molar-refractivity contribution in [2.45, 2.75) is 63.6 Å². The summed E-state index contributed by atoms with van der Waals surface area (Å²) in [6.45, 7) is 3.39. The van der Waals surface area contributed by atoms with E-state index < -0.39 is 5.54 Å². The molecule has 1 unspecified atom stereocenters. The highest BCUT2D eigenvalue weighted by molar-refractivity contribution is 5.99. The lowest BCUT2D eigenvalue weighted by molar-refractivity contribution is -0.157. The van der Waals surface area contributed by atoms with E-state index in [1.165, 1.54) is 0 Å². The lowest BCUT2D eigenvalue weighted by atomic mass is 9.78. The van der Waals surface area contributed by atoms with Crippen molar-refractivity contribution in [2.24, 2.45) is 0 Å². The van der Waals surface area contributed by atoms with Crippen molar-refractivity contribution in [1.82, 2.24) is 10.2 Å². The number of nitrogens with zero attached hydrogens (tertiary/aromatic N) is 1. The minimum atomic E-state index is -0.666. The minimum Gasteiger partial charge on any atom is -0.375 e. The zero-order chi connectivity index (χ0) is 17.7. The summed E-state index contributed by atoms with van der Waals surface area (Å²) in [7, 11) is 0. The van der Waals surface area contributed by atoms with E-state index in [1.54, 1.807) is 4.90 Å². The predicted octanol–water partition coefficient (Wildman–Crippen LogP) is 2.64. The molecule has 3 rings (SSSR count). The normalized spacial score (nSPS) is 22.9. The van der Waals surface area contributed by atoms with Crippen molar-refractivity contribution in [1.29, 1.82) is 0 Å². The van der Waals surface area contributed by atoms with Crippen LogP contribution in [0.15, 0.2) is 30.3 Å². The molecule has 1 aliphatic carbocycles. The van der Waals surface area contributed by atoms with Crippen LogP contribution in [-0.4, -0.2) is 41.4 Å². The van der Waals surface area contributed by atoms with Crippen LogP contribution in [0.4, 0.5) is 0 Å². The molecule has 1 aliphatic heterocycles. The fraction of sp³-hybridized carbons (Fsp3) is 0.600. The number of carbonyl (C=O) groups is 2. The number of amides is 2. The van der Waals surface area contributed by atoms with Crippen LogP contribution in [0.3, 0.4) is 0 Å². The number of piperazine rings is 1. The van der Waals surface area contributed by atoms with E-state index in [1.807, 2.05) is 37.3 Å². The number of ether oxygens (including phenoxy) is 1. The van der Waals surface area contributed by atoms with Crippen molar-refractivity contribution in [3.63, 3.8) is 0 Å². The third kappa shape index (κ3) is 3.87. The molecule has 0 aromatic heterocycles. The predicted molar refractivity (Wildman–Crippen MR) is 95.8 cm³/mol. The second kappa shape index (κ2) is 8.00. The molecule has 2 aliphatic rings. The fourth-order valence-corrected chi connectivity index (χ4v) is 4.02. The van der Waals surface area contributed by atoms with Gasteiger partial charge in [-0.25, -0.2) is 0 Å². The largest absolute Gasteiger partial charge is 0.375 e. The molecule has 1 aromatic carbocycles. The fourth-order valence-electron chi connectivity index (χ4n) is 4.02. The number of nitrogens with one attached hydrogen (secondary N) is 1. The maximum absolute atomic E-state index is 13.1. The van der Waals surface area contributed by atoms with E-state index >= 15 is 0 Å². The van der Waals surface area contributed by atoms with Crippen molar-refractivity contribution in [2.75, 3.05) is 13.2 Å². The van der Waals surface area contributed by atoms with Gasteiger partial charge < -0.3 is 15.0 Å². The highest BCUT2D eigenvalue weighted by atomic mass is 16.5. The summed E-state index contributed by atoms with van der Waals surface area (Å²) in [5, 5.41) is 3.06. The molecule has 1 aromatic rings. The molecule has 2 amide bonds. The summed E-state index contributed by atoms with van der Waals surface area (Å²) in [6.07, 6.45) is 5.29. The summed E-state index contributed by atoms with van der Waals surface area (Å²) in [6, 6.07) is 9.61. The van der Waals surface area contributed by atoms with Gasteiger partial charge in [0.1, 0.15) is 11.6 Å². The smallest absolute Gasteiger partial charge is 0.249 e. The first-order valence-electron chi connectivity index (χ1n) is 9.41. The molecule has 1 saturated heterocycles. The molecule has 1 saturated carbocycles. The van der Waals surface area contributed by atoms with Gasteiger partial charge in [-0.05, 0) is 24.8 Å². The average molecular weight is 344 g/mol. The Morgan fingerprint density at radius 2 is 1.88 bits per heavy atom. The summed E-state index contributed by atoms with van der Waals surface area (Å²) in [5.74, 6) is 0.0778. The van der Waals surface area contributed by atoms with Crippen molar-refractivity contribution < 1.29 is 14.3 Å². The van der Waals surface area contributed by atoms with E-state index in [2.05, 4.69) is 5.32 Å². The van der Waals surface area contributed by atoms with Crippen LogP contribution in [0.5, 0.6) is 0 Å². The molecular weight excluding hydrogens is 316 g/mol. The molecule has 25 heavy (non-hydrogen) atoms. The molecule has 1 N–H and O–H groups in total. The summed E-state index contributed by atoms with van der Waals surface area (Å²) >= 11 is 0. The maximum Gasteiger partial charge on any atom is 0.249 e. The molecule has 0 radical (unpaired) electrons. The first-order valence-corrected chi connectivity index (χ1v) is 9.41. The van der Waals surface area contributed by atoms with Crippen LogP contribution in [-0.2, 0) is 20.9 Å². The first kappa shape index (κ1) is 17.9. The molecule has 5 heteroatoms. The quantitative estimate of drug-likeness (QED) is 0.807. The number of hydrogen-bond acceptors (Lipinski definition) is 3. The molecule has 0 bridgehead atoms. The van der Waals surface area contributed by atoms with E-state index in [0.29, 0.717) is 26.2 Å². The average Bonchev–Trinajstić information content (AvgIpc) is 2.64. The summed E-state index contributed by atoms with van der Waals surface area (Å²) < 4.78 is 5.75. The van der Waals surface area contributed by atoms with Gasteiger partial charge in [-0.2, -0.15) is 0 Å². The zero-order valence-electron chi connectivity index (χ0n) is 15.0.